The maximum atomic E-state index is 12.6. The first-order valence-electron chi connectivity index (χ1n) is 7.77. The lowest BCUT2D eigenvalue weighted by Crippen LogP contribution is -2.49. The topological polar surface area (TPSA) is 66.9 Å². The first-order valence-corrected chi connectivity index (χ1v) is 9.21. The van der Waals surface area contributed by atoms with Crippen molar-refractivity contribution in [1.29, 1.82) is 0 Å². The summed E-state index contributed by atoms with van der Waals surface area (Å²) in [6.45, 7) is 7.73. The zero-order valence-corrected chi connectivity index (χ0v) is 14.7. The molecule has 0 N–H and O–H groups in total. The minimum Gasteiger partial charge on any atom is -0.491 e. The molecule has 23 heavy (non-hydrogen) atoms. The summed E-state index contributed by atoms with van der Waals surface area (Å²) in [4.78, 5) is 13.4. The number of sulfonamides is 1. The summed E-state index contributed by atoms with van der Waals surface area (Å²) in [5.41, 5.74) is 0. The van der Waals surface area contributed by atoms with Gasteiger partial charge in [-0.05, 0) is 45.0 Å². The molecular formula is C16H24N2O4S. The molecule has 1 heterocycles. The van der Waals surface area contributed by atoms with Crippen molar-refractivity contribution in [3.05, 3.63) is 24.3 Å². The molecule has 0 saturated carbocycles. The van der Waals surface area contributed by atoms with Gasteiger partial charge in [-0.2, -0.15) is 4.31 Å². The number of benzene rings is 1. The summed E-state index contributed by atoms with van der Waals surface area (Å²) in [6.07, 6.45) is 0.0480. The lowest BCUT2D eigenvalue weighted by molar-refractivity contribution is -0.118. The van der Waals surface area contributed by atoms with Gasteiger partial charge in [-0.3, -0.25) is 9.69 Å². The number of hydrogen-bond donors (Lipinski definition) is 0. The van der Waals surface area contributed by atoms with E-state index in [0.717, 1.165) is 0 Å². The van der Waals surface area contributed by atoms with E-state index in [2.05, 4.69) is 0 Å². The number of hydrogen-bond acceptors (Lipinski definition) is 5. The van der Waals surface area contributed by atoms with Crippen LogP contribution in [0.15, 0.2) is 29.2 Å². The van der Waals surface area contributed by atoms with E-state index in [1.165, 1.54) is 4.31 Å². The third-order valence-electron chi connectivity index (χ3n) is 3.61. The van der Waals surface area contributed by atoms with Crippen molar-refractivity contribution >= 4 is 15.8 Å². The van der Waals surface area contributed by atoms with Crippen molar-refractivity contribution in [2.24, 2.45) is 0 Å². The zero-order chi connectivity index (χ0) is 17.0. The summed E-state index contributed by atoms with van der Waals surface area (Å²) in [5, 5.41) is 0. The third-order valence-corrected chi connectivity index (χ3v) is 5.52. The normalized spacial score (nSPS) is 17.4. The molecule has 0 atom stereocenters. The molecular weight excluding hydrogens is 316 g/mol. The molecule has 0 amide bonds. The number of ketones is 1. The van der Waals surface area contributed by atoms with Gasteiger partial charge in [-0.1, -0.05) is 0 Å². The van der Waals surface area contributed by atoms with Crippen molar-refractivity contribution in [2.75, 3.05) is 32.7 Å². The molecule has 0 spiro atoms. The first kappa shape index (κ1) is 17.9. The number of rotatable bonds is 6. The molecule has 6 nitrogen and oxygen atoms in total. The highest BCUT2D eigenvalue weighted by molar-refractivity contribution is 7.89. The van der Waals surface area contributed by atoms with E-state index in [0.29, 0.717) is 38.5 Å². The van der Waals surface area contributed by atoms with Crippen LogP contribution in [-0.4, -0.2) is 62.2 Å². The van der Waals surface area contributed by atoms with Crippen molar-refractivity contribution in [1.82, 2.24) is 9.21 Å². The molecule has 0 bridgehead atoms. The Hall–Kier alpha value is -1.44. The Balaban J connectivity index is 2.03. The molecule has 0 aromatic heterocycles. The van der Waals surface area contributed by atoms with Crippen LogP contribution in [0.1, 0.15) is 20.8 Å². The lowest BCUT2D eigenvalue weighted by atomic mass is 10.3. The van der Waals surface area contributed by atoms with E-state index in [4.69, 9.17) is 4.74 Å². The van der Waals surface area contributed by atoms with E-state index < -0.39 is 10.0 Å². The Bertz CT molecular complexity index is 633. The predicted octanol–water partition coefficient (Wildman–Crippen LogP) is 1.37. The van der Waals surface area contributed by atoms with Crippen LogP contribution < -0.4 is 4.74 Å². The average Bonchev–Trinajstić information content (AvgIpc) is 2.47. The fourth-order valence-electron chi connectivity index (χ4n) is 2.55. The number of piperazine rings is 1. The molecule has 1 saturated heterocycles. The lowest BCUT2D eigenvalue weighted by Gasteiger charge is -2.33. The number of Topliss-reactive ketones (excluding diaryl/α,β-unsaturated/α-hetero) is 1. The highest BCUT2D eigenvalue weighted by Gasteiger charge is 2.28. The van der Waals surface area contributed by atoms with Crippen molar-refractivity contribution in [2.45, 2.75) is 31.8 Å². The Morgan fingerprint density at radius 1 is 1.13 bits per heavy atom. The second kappa shape index (κ2) is 7.42. The van der Waals surface area contributed by atoms with Gasteiger partial charge in [0.2, 0.25) is 10.0 Å². The van der Waals surface area contributed by atoms with Gasteiger partial charge in [0.05, 0.1) is 17.5 Å². The van der Waals surface area contributed by atoms with E-state index in [1.54, 1.807) is 31.2 Å². The largest absolute Gasteiger partial charge is 0.491 e. The molecule has 1 fully saturated rings. The van der Waals surface area contributed by atoms with Crippen LogP contribution in [0.3, 0.4) is 0 Å². The molecule has 1 aliphatic rings. The predicted molar refractivity (Wildman–Crippen MR) is 88.1 cm³/mol. The Morgan fingerprint density at radius 2 is 1.70 bits per heavy atom. The van der Waals surface area contributed by atoms with Gasteiger partial charge in [0.1, 0.15) is 11.5 Å². The molecule has 0 unspecified atom stereocenters. The average molecular weight is 340 g/mol. The van der Waals surface area contributed by atoms with Gasteiger partial charge in [0.25, 0.3) is 0 Å². The van der Waals surface area contributed by atoms with Crippen molar-refractivity contribution in [3.8, 4) is 5.75 Å². The van der Waals surface area contributed by atoms with E-state index in [9.17, 15) is 13.2 Å². The molecule has 128 valence electrons. The first-order chi connectivity index (χ1) is 10.8. The van der Waals surface area contributed by atoms with Crippen LogP contribution in [0.2, 0.25) is 0 Å². The number of ether oxygens (including phenoxy) is 1. The molecule has 7 heteroatoms. The Kier molecular flexibility index (Phi) is 5.78. The van der Waals surface area contributed by atoms with Gasteiger partial charge in [0, 0.05) is 26.2 Å². The maximum Gasteiger partial charge on any atom is 0.243 e. The van der Waals surface area contributed by atoms with Gasteiger partial charge >= 0.3 is 0 Å². The van der Waals surface area contributed by atoms with Crippen LogP contribution >= 0.6 is 0 Å². The maximum absolute atomic E-state index is 12.6. The van der Waals surface area contributed by atoms with Gasteiger partial charge in [0.15, 0.2) is 0 Å². The quantitative estimate of drug-likeness (QED) is 0.782. The summed E-state index contributed by atoms with van der Waals surface area (Å²) >= 11 is 0. The number of carbonyl (C=O) groups excluding carboxylic acids is 1. The molecule has 0 aliphatic carbocycles. The van der Waals surface area contributed by atoms with Crippen LogP contribution in [0.4, 0.5) is 0 Å². The van der Waals surface area contributed by atoms with Crippen LogP contribution in [0.25, 0.3) is 0 Å². The second-order valence-corrected chi connectivity index (χ2v) is 7.96. The molecule has 1 aromatic rings. The van der Waals surface area contributed by atoms with Crippen LogP contribution in [-0.2, 0) is 14.8 Å². The van der Waals surface area contributed by atoms with Crippen LogP contribution in [0, 0.1) is 0 Å². The number of nitrogens with zero attached hydrogens (tertiary/aromatic N) is 2. The van der Waals surface area contributed by atoms with E-state index in [-0.39, 0.29) is 16.8 Å². The smallest absolute Gasteiger partial charge is 0.243 e. The summed E-state index contributed by atoms with van der Waals surface area (Å²) in [6, 6.07) is 6.52. The van der Waals surface area contributed by atoms with Gasteiger partial charge < -0.3 is 4.74 Å². The fraction of sp³-hybridized carbons (Fsp3) is 0.562. The van der Waals surface area contributed by atoms with Gasteiger partial charge in [-0.15, -0.1) is 0 Å². The minimum absolute atomic E-state index is 0.0480. The van der Waals surface area contributed by atoms with Crippen molar-refractivity contribution < 1.29 is 17.9 Å². The highest BCUT2D eigenvalue weighted by atomic mass is 32.2. The summed E-state index contributed by atoms with van der Waals surface area (Å²) < 4.78 is 32.3. The standard InChI is InChI=1S/C16H24N2O4S/c1-13(2)22-15-4-6-16(7-5-15)23(20,21)18-10-8-17(9-11-18)12-14(3)19/h4-7,13H,8-12H2,1-3H3. The monoisotopic (exact) mass is 340 g/mol. The zero-order valence-electron chi connectivity index (χ0n) is 13.9. The summed E-state index contributed by atoms with van der Waals surface area (Å²) in [7, 11) is -3.49. The van der Waals surface area contributed by atoms with E-state index in [1.807, 2.05) is 18.7 Å². The fourth-order valence-corrected chi connectivity index (χ4v) is 3.98. The SMILES string of the molecule is CC(=O)CN1CCN(S(=O)(=O)c2ccc(OC(C)C)cc2)CC1. The van der Waals surface area contributed by atoms with E-state index >= 15 is 0 Å². The minimum atomic E-state index is -3.49. The molecule has 1 aromatic carbocycles. The van der Waals surface area contributed by atoms with Gasteiger partial charge in [-0.25, -0.2) is 8.42 Å². The molecule has 2 rings (SSSR count). The second-order valence-electron chi connectivity index (χ2n) is 6.02. The van der Waals surface area contributed by atoms with Crippen LogP contribution in [0.5, 0.6) is 5.75 Å². The molecule has 1 aliphatic heterocycles. The Labute approximate surface area is 138 Å². The highest BCUT2D eigenvalue weighted by Crippen LogP contribution is 2.21. The Morgan fingerprint density at radius 3 is 2.17 bits per heavy atom. The molecule has 0 radical (unpaired) electrons. The summed E-state index contributed by atoms with van der Waals surface area (Å²) in [5.74, 6) is 0.757. The third kappa shape index (κ3) is 4.76. The number of carbonyl (C=O) groups is 1. The van der Waals surface area contributed by atoms with Crippen molar-refractivity contribution in [3.63, 3.8) is 0 Å².